The summed E-state index contributed by atoms with van der Waals surface area (Å²) in [7, 11) is 0. The van der Waals surface area contributed by atoms with E-state index in [0.29, 0.717) is 42.2 Å². The van der Waals surface area contributed by atoms with Gasteiger partial charge >= 0.3 is 0 Å². The van der Waals surface area contributed by atoms with Crippen LogP contribution in [0.1, 0.15) is 30.9 Å². The lowest BCUT2D eigenvalue weighted by atomic mass is 9.94. The van der Waals surface area contributed by atoms with Crippen molar-refractivity contribution >= 4 is 46.0 Å². The second kappa shape index (κ2) is 9.16. The van der Waals surface area contributed by atoms with Crippen molar-refractivity contribution in [1.29, 1.82) is 0 Å². The van der Waals surface area contributed by atoms with Crippen LogP contribution in [0.15, 0.2) is 29.4 Å². The highest BCUT2D eigenvalue weighted by Gasteiger charge is 2.20. The van der Waals surface area contributed by atoms with E-state index >= 15 is 0 Å². The predicted octanol–water partition coefficient (Wildman–Crippen LogP) is 3.97. The van der Waals surface area contributed by atoms with Crippen LogP contribution in [-0.4, -0.2) is 33.2 Å². The number of hydrogen-bond donors (Lipinski definition) is 2. The number of carbonyl (C=O) groups is 1. The van der Waals surface area contributed by atoms with Crippen molar-refractivity contribution in [2.24, 2.45) is 0 Å². The van der Waals surface area contributed by atoms with E-state index in [0.717, 1.165) is 39.6 Å². The molecule has 7 nitrogen and oxygen atoms in total. The summed E-state index contributed by atoms with van der Waals surface area (Å²) < 4.78 is 5.66. The molecule has 0 saturated heterocycles. The second-order valence-electron chi connectivity index (χ2n) is 6.93. The third-order valence-corrected chi connectivity index (χ3v) is 6.08. The number of thioether (sulfide) groups is 1. The average Bonchev–Trinajstić information content (AvgIpc) is 2.73. The van der Waals surface area contributed by atoms with E-state index < -0.39 is 0 Å². The number of nitrogens with zero attached hydrogens (tertiary/aromatic N) is 3. The molecular formula is C21H22ClN5O2S. The van der Waals surface area contributed by atoms with Gasteiger partial charge in [-0.05, 0) is 34.4 Å². The zero-order chi connectivity index (χ0) is 21.1. The molecule has 0 aliphatic carbocycles. The minimum atomic E-state index is 0.0505. The third kappa shape index (κ3) is 4.35. The van der Waals surface area contributed by atoms with Gasteiger partial charge in [-0.2, -0.15) is 9.97 Å². The molecule has 0 radical (unpaired) electrons. The van der Waals surface area contributed by atoms with E-state index in [-0.39, 0.29) is 11.9 Å². The highest BCUT2D eigenvalue weighted by molar-refractivity contribution is 7.99. The maximum atomic E-state index is 11.3. The molecule has 1 aliphatic rings. The van der Waals surface area contributed by atoms with Crippen LogP contribution >= 0.6 is 23.4 Å². The van der Waals surface area contributed by atoms with Gasteiger partial charge in [-0.25, -0.2) is 4.98 Å². The van der Waals surface area contributed by atoms with Gasteiger partial charge in [0, 0.05) is 24.3 Å². The van der Waals surface area contributed by atoms with Crippen LogP contribution in [0.25, 0.3) is 22.2 Å². The molecule has 0 fully saturated rings. The lowest BCUT2D eigenvalue weighted by Gasteiger charge is -2.20. The summed E-state index contributed by atoms with van der Waals surface area (Å²) in [6.45, 7) is 3.55. The SMILES string of the molecule is CCC(=O)NCCCSc1nc(N)nc(-c2c(Cl)cc3c4c(cccc24)COC3)n1. The first-order valence-electron chi connectivity index (χ1n) is 9.79. The van der Waals surface area contributed by atoms with Crippen molar-refractivity contribution in [3.8, 4) is 11.4 Å². The highest BCUT2D eigenvalue weighted by atomic mass is 35.5. The maximum absolute atomic E-state index is 11.3. The van der Waals surface area contributed by atoms with Gasteiger partial charge < -0.3 is 15.8 Å². The topological polar surface area (TPSA) is 103 Å². The number of aromatic nitrogens is 3. The normalized spacial score (nSPS) is 12.9. The molecule has 2 aromatic carbocycles. The summed E-state index contributed by atoms with van der Waals surface area (Å²) in [6, 6.07) is 7.99. The summed E-state index contributed by atoms with van der Waals surface area (Å²) in [5.74, 6) is 1.42. The second-order valence-corrected chi connectivity index (χ2v) is 8.40. The van der Waals surface area contributed by atoms with Crippen molar-refractivity contribution < 1.29 is 9.53 Å². The fourth-order valence-electron chi connectivity index (χ4n) is 3.48. The average molecular weight is 444 g/mol. The van der Waals surface area contributed by atoms with Gasteiger partial charge in [0.05, 0.1) is 18.2 Å². The molecule has 0 unspecified atom stereocenters. The molecule has 0 saturated carbocycles. The Bertz CT molecular complexity index is 1110. The van der Waals surface area contributed by atoms with Crippen LogP contribution in [0.2, 0.25) is 5.02 Å². The Labute approximate surface area is 183 Å². The number of nitrogens with one attached hydrogen (secondary N) is 1. The van der Waals surface area contributed by atoms with E-state index in [9.17, 15) is 4.79 Å². The quantitative estimate of drug-likeness (QED) is 0.420. The van der Waals surface area contributed by atoms with Crippen molar-refractivity contribution in [1.82, 2.24) is 20.3 Å². The molecule has 9 heteroatoms. The molecule has 1 amide bonds. The first-order valence-corrected chi connectivity index (χ1v) is 11.1. The molecule has 1 aromatic heterocycles. The molecule has 0 atom stereocenters. The van der Waals surface area contributed by atoms with Gasteiger partial charge in [0.15, 0.2) is 11.0 Å². The fourth-order valence-corrected chi connectivity index (χ4v) is 4.58. The van der Waals surface area contributed by atoms with Gasteiger partial charge in [-0.1, -0.05) is 48.5 Å². The van der Waals surface area contributed by atoms with Crippen molar-refractivity contribution in [2.75, 3.05) is 18.0 Å². The van der Waals surface area contributed by atoms with Crippen LogP contribution in [0, 0.1) is 0 Å². The Balaban J connectivity index is 1.62. The zero-order valence-corrected chi connectivity index (χ0v) is 18.1. The number of ether oxygens (including phenoxy) is 1. The molecule has 0 spiro atoms. The van der Waals surface area contributed by atoms with Crippen LogP contribution in [0.5, 0.6) is 0 Å². The Morgan fingerprint density at radius 1 is 1.27 bits per heavy atom. The summed E-state index contributed by atoms with van der Waals surface area (Å²) >= 11 is 8.13. The highest BCUT2D eigenvalue weighted by Crippen LogP contribution is 2.39. The minimum Gasteiger partial charge on any atom is -0.372 e. The van der Waals surface area contributed by atoms with Gasteiger partial charge in [0.25, 0.3) is 0 Å². The van der Waals surface area contributed by atoms with E-state index in [4.69, 9.17) is 22.1 Å². The van der Waals surface area contributed by atoms with Crippen LogP contribution in [-0.2, 0) is 22.7 Å². The summed E-state index contributed by atoms with van der Waals surface area (Å²) in [6.07, 6.45) is 1.29. The molecule has 1 aliphatic heterocycles. The first kappa shape index (κ1) is 20.8. The number of rotatable bonds is 7. The minimum absolute atomic E-state index is 0.0505. The zero-order valence-electron chi connectivity index (χ0n) is 16.6. The number of amides is 1. The summed E-state index contributed by atoms with van der Waals surface area (Å²) in [5.41, 5.74) is 8.92. The van der Waals surface area contributed by atoms with Gasteiger partial charge in [-0.3, -0.25) is 4.79 Å². The molecule has 156 valence electrons. The number of hydrogen-bond acceptors (Lipinski definition) is 7. The van der Waals surface area contributed by atoms with E-state index in [1.807, 2.05) is 25.1 Å². The van der Waals surface area contributed by atoms with Crippen molar-refractivity contribution in [3.63, 3.8) is 0 Å². The number of nitrogen functional groups attached to an aromatic ring is 1. The van der Waals surface area contributed by atoms with Gasteiger partial charge in [0.1, 0.15) is 0 Å². The molecule has 30 heavy (non-hydrogen) atoms. The summed E-state index contributed by atoms with van der Waals surface area (Å²) in [4.78, 5) is 24.6. The molecule has 3 aromatic rings. The fraction of sp³-hybridized carbons (Fsp3) is 0.333. The monoisotopic (exact) mass is 443 g/mol. The summed E-state index contributed by atoms with van der Waals surface area (Å²) in [5, 5.41) is 6.09. The molecule has 0 bridgehead atoms. The molecular weight excluding hydrogens is 422 g/mol. The van der Waals surface area contributed by atoms with Crippen LogP contribution < -0.4 is 11.1 Å². The van der Waals surface area contributed by atoms with Crippen molar-refractivity contribution in [2.45, 2.75) is 38.1 Å². The number of anilines is 1. The standard InChI is InChI=1S/C21H22ClN5O2S/c1-2-16(28)24-7-4-8-30-21-26-19(25-20(23)27-21)18-14-6-3-5-12-10-29-11-13(17(12)14)9-15(18)22/h3,5-6,9H,2,4,7-8,10-11H2,1H3,(H,24,28)(H2,23,25,26,27). The molecule has 2 heterocycles. The largest absolute Gasteiger partial charge is 0.372 e. The number of halogens is 1. The number of nitrogens with two attached hydrogens (primary N) is 1. The Morgan fingerprint density at radius 2 is 2.10 bits per heavy atom. The third-order valence-electron chi connectivity index (χ3n) is 4.85. The predicted molar refractivity (Wildman–Crippen MR) is 119 cm³/mol. The van der Waals surface area contributed by atoms with Crippen molar-refractivity contribution in [3.05, 3.63) is 40.4 Å². The van der Waals surface area contributed by atoms with Gasteiger partial charge in [0.2, 0.25) is 11.9 Å². The number of benzene rings is 2. The van der Waals surface area contributed by atoms with Crippen LogP contribution in [0.4, 0.5) is 5.95 Å². The lowest BCUT2D eigenvalue weighted by Crippen LogP contribution is -2.23. The molecule has 3 N–H and O–H groups in total. The van der Waals surface area contributed by atoms with E-state index in [1.165, 1.54) is 11.8 Å². The Kier molecular flexibility index (Phi) is 6.36. The smallest absolute Gasteiger partial charge is 0.224 e. The first-order chi connectivity index (χ1) is 14.6. The maximum Gasteiger partial charge on any atom is 0.224 e. The lowest BCUT2D eigenvalue weighted by molar-refractivity contribution is -0.120. The Morgan fingerprint density at radius 3 is 2.93 bits per heavy atom. The van der Waals surface area contributed by atoms with E-state index in [2.05, 4.69) is 26.3 Å². The van der Waals surface area contributed by atoms with Gasteiger partial charge in [-0.15, -0.1) is 0 Å². The number of carbonyl (C=O) groups excluding carboxylic acids is 1. The van der Waals surface area contributed by atoms with Crippen LogP contribution in [0.3, 0.4) is 0 Å². The Hall–Kier alpha value is -2.42. The van der Waals surface area contributed by atoms with E-state index in [1.54, 1.807) is 0 Å². The molecule has 4 rings (SSSR count).